The highest BCUT2D eigenvalue weighted by Crippen LogP contribution is 2.29. The Kier molecular flexibility index (Phi) is 4.59. The van der Waals surface area contributed by atoms with Crippen molar-refractivity contribution >= 4 is 27.3 Å². The summed E-state index contributed by atoms with van der Waals surface area (Å²) in [4.78, 5) is 0.180. The third-order valence-corrected chi connectivity index (χ3v) is 5.75. The quantitative estimate of drug-likeness (QED) is 0.865. The van der Waals surface area contributed by atoms with Crippen molar-refractivity contribution in [3.63, 3.8) is 0 Å². The predicted octanol–water partition coefficient (Wildman–Crippen LogP) is 2.03. The molecule has 1 saturated heterocycles. The molecule has 0 aromatic heterocycles. The molecule has 2 rings (SSSR count). The minimum Gasteiger partial charge on any atom is -0.398 e. The monoisotopic (exact) mass is 318 g/mol. The Balaban J connectivity index is 2.40. The van der Waals surface area contributed by atoms with Gasteiger partial charge in [-0.15, -0.1) is 0 Å². The number of hydrogen-bond donors (Lipinski definition) is 1. The zero-order valence-corrected chi connectivity index (χ0v) is 13.2. The van der Waals surface area contributed by atoms with E-state index in [0.717, 1.165) is 6.42 Å². The summed E-state index contributed by atoms with van der Waals surface area (Å²) in [6.07, 6.45) is 0.721. The first kappa shape index (κ1) is 15.6. The molecule has 2 N–H and O–H groups in total. The summed E-state index contributed by atoms with van der Waals surface area (Å²) in [7, 11) is -3.59. The normalized spacial score (nSPS) is 21.1. The smallest absolute Gasteiger partial charge is 0.243 e. The summed E-state index contributed by atoms with van der Waals surface area (Å²) >= 11 is 5.94. The second-order valence-corrected chi connectivity index (χ2v) is 7.23. The van der Waals surface area contributed by atoms with Crippen LogP contribution in [0.1, 0.15) is 18.9 Å². The standard InChI is InChI=1S/C13H19ClN2O3S/c1-3-11-8-16(4-5-19-11)20(17,18)13-7-10(14)6-12(15)9(13)2/h6-7,11H,3-5,8,15H2,1-2H3. The van der Waals surface area contributed by atoms with Gasteiger partial charge in [-0.2, -0.15) is 4.31 Å². The number of rotatable bonds is 3. The van der Waals surface area contributed by atoms with Crippen LogP contribution in [-0.4, -0.2) is 38.5 Å². The van der Waals surface area contributed by atoms with E-state index in [0.29, 0.717) is 36.0 Å². The third-order valence-electron chi connectivity index (χ3n) is 3.54. The highest BCUT2D eigenvalue weighted by atomic mass is 35.5. The minimum atomic E-state index is -3.59. The van der Waals surface area contributed by atoms with Crippen LogP contribution >= 0.6 is 11.6 Å². The zero-order valence-electron chi connectivity index (χ0n) is 11.6. The molecular weight excluding hydrogens is 300 g/mol. The fourth-order valence-electron chi connectivity index (χ4n) is 2.24. The molecule has 0 radical (unpaired) electrons. The second-order valence-electron chi connectivity index (χ2n) is 4.88. The van der Waals surface area contributed by atoms with E-state index in [9.17, 15) is 8.42 Å². The highest BCUT2D eigenvalue weighted by Gasteiger charge is 2.31. The van der Waals surface area contributed by atoms with Crippen LogP contribution in [0.25, 0.3) is 0 Å². The zero-order chi connectivity index (χ0) is 14.9. The Hall–Kier alpha value is -0.820. The average Bonchev–Trinajstić information content (AvgIpc) is 2.42. The van der Waals surface area contributed by atoms with E-state index in [-0.39, 0.29) is 11.0 Å². The van der Waals surface area contributed by atoms with E-state index < -0.39 is 10.0 Å². The number of ether oxygens (including phenoxy) is 1. The molecule has 1 aromatic rings. The van der Waals surface area contributed by atoms with Gasteiger partial charge in [0.05, 0.1) is 17.6 Å². The summed E-state index contributed by atoms with van der Waals surface area (Å²) in [6, 6.07) is 3.02. The van der Waals surface area contributed by atoms with Crippen LogP contribution in [-0.2, 0) is 14.8 Å². The van der Waals surface area contributed by atoms with Gasteiger partial charge < -0.3 is 10.5 Å². The van der Waals surface area contributed by atoms with E-state index in [1.807, 2.05) is 6.92 Å². The number of sulfonamides is 1. The maximum Gasteiger partial charge on any atom is 0.243 e. The third kappa shape index (κ3) is 2.93. The Labute approximate surface area is 124 Å². The topological polar surface area (TPSA) is 72.6 Å². The molecule has 1 atom stereocenters. The SMILES string of the molecule is CCC1CN(S(=O)(=O)c2cc(Cl)cc(N)c2C)CCO1. The lowest BCUT2D eigenvalue weighted by Crippen LogP contribution is -2.45. The maximum atomic E-state index is 12.7. The van der Waals surface area contributed by atoms with Crippen LogP contribution in [0.5, 0.6) is 0 Å². The van der Waals surface area contributed by atoms with Crippen LogP contribution in [0.4, 0.5) is 5.69 Å². The molecule has 1 fully saturated rings. The van der Waals surface area contributed by atoms with Crippen LogP contribution in [0.3, 0.4) is 0 Å². The number of benzene rings is 1. The van der Waals surface area contributed by atoms with Gasteiger partial charge in [0, 0.05) is 23.8 Å². The largest absolute Gasteiger partial charge is 0.398 e. The molecule has 1 aliphatic heterocycles. The predicted molar refractivity (Wildman–Crippen MR) is 79.4 cm³/mol. The molecule has 0 bridgehead atoms. The van der Waals surface area contributed by atoms with Gasteiger partial charge in [0.2, 0.25) is 10.0 Å². The lowest BCUT2D eigenvalue weighted by molar-refractivity contribution is -0.00278. The van der Waals surface area contributed by atoms with Gasteiger partial charge >= 0.3 is 0 Å². The van der Waals surface area contributed by atoms with Crippen molar-refractivity contribution in [2.75, 3.05) is 25.4 Å². The van der Waals surface area contributed by atoms with Crippen LogP contribution < -0.4 is 5.73 Å². The van der Waals surface area contributed by atoms with Crippen molar-refractivity contribution in [3.05, 3.63) is 22.7 Å². The number of halogens is 1. The summed E-state index contributed by atoms with van der Waals surface area (Å²) in [6.45, 7) is 4.79. The van der Waals surface area contributed by atoms with Crippen molar-refractivity contribution in [2.45, 2.75) is 31.3 Å². The van der Waals surface area contributed by atoms with E-state index >= 15 is 0 Å². The molecule has 0 spiro atoms. The van der Waals surface area contributed by atoms with Gasteiger partial charge in [-0.25, -0.2) is 8.42 Å². The van der Waals surface area contributed by atoms with E-state index in [1.165, 1.54) is 10.4 Å². The Morgan fingerprint density at radius 2 is 2.20 bits per heavy atom. The summed E-state index contributed by atoms with van der Waals surface area (Å²) in [5.74, 6) is 0. The van der Waals surface area contributed by atoms with Crippen LogP contribution in [0, 0.1) is 6.92 Å². The average molecular weight is 319 g/mol. The molecular formula is C13H19ClN2O3S. The van der Waals surface area contributed by atoms with Gasteiger partial charge in [-0.3, -0.25) is 0 Å². The molecule has 7 heteroatoms. The van der Waals surface area contributed by atoms with Gasteiger partial charge in [0.15, 0.2) is 0 Å². The molecule has 0 amide bonds. The number of anilines is 1. The molecule has 1 aliphatic rings. The number of morpholine rings is 1. The number of nitrogen functional groups attached to an aromatic ring is 1. The summed E-state index contributed by atoms with van der Waals surface area (Å²) < 4.78 is 32.4. The lowest BCUT2D eigenvalue weighted by Gasteiger charge is -2.32. The second kappa shape index (κ2) is 5.89. The van der Waals surface area contributed by atoms with Crippen LogP contribution in [0.2, 0.25) is 5.02 Å². The Morgan fingerprint density at radius 1 is 1.50 bits per heavy atom. The Bertz CT molecular complexity index is 604. The van der Waals surface area contributed by atoms with Crippen molar-refractivity contribution in [2.24, 2.45) is 0 Å². The lowest BCUT2D eigenvalue weighted by atomic mass is 10.2. The minimum absolute atomic E-state index is 0.0598. The van der Waals surface area contributed by atoms with Crippen molar-refractivity contribution in [1.82, 2.24) is 4.31 Å². The first-order chi connectivity index (χ1) is 9.36. The van der Waals surface area contributed by atoms with Gasteiger partial charge in [-0.1, -0.05) is 18.5 Å². The van der Waals surface area contributed by atoms with Crippen molar-refractivity contribution in [1.29, 1.82) is 0 Å². The van der Waals surface area contributed by atoms with Gasteiger partial charge in [0.1, 0.15) is 0 Å². The first-order valence-electron chi connectivity index (χ1n) is 6.53. The maximum absolute atomic E-state index is 12.7. The molecule has 20 heavy (non-hydrogen) atoms. The van der Waals surface area contributed by atoms with Gasteiger partial charge in [-0.05, 0) is 31.0 Å². The highest BCUT2D eigenvalue weighted by molar-refractivity contribution is 7.89. The molecule has 0 aliphatic carbocycles. The summed E-state index contributed by atoms with van der Waals surface area (Å²) in [5, 5.41) is 0.326. The molecule has 0 saturated carbocycles. The molecule has 1 unspecified atom stereocenters. The Morgan fingerprint density at radius 3 is 2.85 bits per heavy atom. The number of nitrogens with two attached hydrogens (primary N) is 1. The number of nitrogens with zero attached hydrogens (tertiary/aromatic N) is 1. The van der Waals surface area contributed by atoms with Crippen LogP contribution in [0.15, 0.2) is 17.0 Å². The van der Waals surface area contributed by atoms with E-state index in [4.69, 9.17) is 22.1 Å². The molecule has 112 valence electrons. The van der Waals surface area contributed by atoms with E-state index in [2.05, 4.69) is 0 Å². The fraction of sp³-hybridized carbons (Fsp3) is 0.538. The first-order valence-corrected chi connectivity index (χ1v) is 8.35. The van der Waals surface area contributed by atoms with Crippen molar-refractivity contribution in [3.8, 4) is 0 Å². The van der Waals surface area contributed by atoms with E-state index in [1.54, 1.807) is 13.0 Å². The van der Waals surface area contributed by atoms with Gasteiger partial charge in [0.25, 0.3) is 0 Å². The molecule has 1 heterocycles. The fourth-order valence-corrected chi connectivity index (χ4v) is 4.27. The molecule has 1 aromatic carbocycles. The summed E-state index contributed by atoms with van der Waals surface area (Å²) in [5.41, 5.74) is 6.73. The molecule has 5 nitrogen and oxygen atoms in total. The van der Waals surface area contributed by atoms with Crippen molar-refractivity contribution < 1.29 is 13.2 Å². The number of hydrogen-bond acceptors (Lipinski definition) is 4.